The fourth-order valence-corrected chi connectivity index (χ4v) is 2.10. The molecule has 110 valence electrons. The number of aromatic carboxylic acids is 1. The summed E-state index contributed by atoms with van der Waals surface area (Å²) < 4.78 is 5.11. The van der Waals surface area contributed by atoms with Gasteiger partial charge in [-0.2, -0.15) is 0 Å². The first-order valence-electron chi connectivity index (χ1n) is 6.31. The number of nitrogens with one attached hydrogen (secondary N) is 1. The molecule has 1 aromatic carbocycles. The number of hydrogen-bond acceptors (Lipinski definition) is 4. The summed E-state index contributed by atoms with van der Waals surface area (Å²) in [6.45, 7) is 1.95. The van der Waals surface area contributed by atoms with Crippen LogP contribution in [0, 0.1) is 0 Å². The Morgan fingerprint density at radius 1 is 1.33 bits per heavy atom. The Labute approximate surface area is 127 Å². The van der Waals surface area contributed by atoms with Gasteiger partial charge in [0.15, 0.2) is 0 Å². The first kappa shape index (κ1) is 15.1. The second-order valence-electron chi connectivity index (χ2n) is 4.51. The van der Waals surface area contributed by atoms with Crippen LogP contribution < -0.4 is 10.1 Å². The van der Waals surface area contributed by atoms with E-state index in [-0.39, 0.29) is 16.8 Å². The molecule has 6 heteroatoms. The van der Waals surface area contributed by atoms with E-state index in [1.807, 2.05) is 31.2 Å². The average molecular weight is 307 g/mol. The Kier molecular flexibility index (Phi) is 4.65. The fraction of sp³-hybridized carbons (Fsp3) is 0.200. The Morgan fingerprint density at radius 2 is 2.00 bits per heavy atom. The average Bonchev–Trinajstić information content (AvgIpc) is 2.46. The van der Waals surface area contributed by atoms with Crippen molar-refractivity contribution in [2.75, 3.05) is 12.4 Å². The van der Waals surface area contributed by atoms with Gasteiger partial charge in [0, 0.05) is 6.04 Å². The van der Waals surface area contributed by atoms with Gasteiger partial charge in [-0.25, -0.2) is 9.78 Å². The second-order valence-corrected chi connectivity index (χ2v) is 4.90. The number of rotatable bonds is 5. The van der Waals surface area contributed by atoms with Crippen LogP contribution in [0.15, 0.2) is 36.4 Å². The molecule has 0 spiro atoms. The molecule has 2 rings (SSSR count). The number of hydrogen-bond donors (Lipinski definition) is 2. The van der Waals surface area contributed by atoms with Crippen molar-refractivity contribution in [3.8, 4) is 5.75 Å². The van der Waals surface area contributed by atoms with E-state index in [1.165, 1.54) is 12.1 Å². The highest BCUT2D eigenvalue weighted by molar-refractivity contribution is 6.29. The van der Waals surface area contributed by atoms with Crippen molar-refractivity contribution in [2.45, 2.75) is 13.0 Å². The van der Waals surface area contributed by atoms with E-state index in [2.05, 4.69) is 10.3 Å². The molecule has 2 N–H and O–H groups in total. The van der Waals surface area contributed by atoms with E-state index in [0.717, 1.165) is 11.3 Å². The number of aromatic nitrogens is 1. The molecule has 0 amide bonds. The van der Waals surface area contributed by atoms with Gasteiger partial charge >= 0.3 is 5.97 Å². The summed E-state index contributed by atoms with van der Waals surface area (Å²) in [6, 6.07) is 10.3. The highest BCUT2D eigenvalue weighted by Gasteiger charge is 2.11. The highest BCUT2D eigenvalue weighted by atomic mass is 35.5. The van der Waals surface area contributed by atoms with Gasteiger partial charge in [-0.15, -0.1) is 0 Å². The van der Waals surface area contributed by atoms with Crippen LogP contribution in [0.3, 0.4) is 0 Å². The molecule has 2 aromatic rings. The fourth-order valence-electron chi connectivity index (χ4n) is 1.89. The predicted octanol–water partition coefficient (Wildman–Crippen LogP) is 3.61. The maximum Gasteiger partial charge on any atom is 0.335 e. The summed E-state index contributed by atoms with van der Waals surface area (Å²) in [5.41, 5.74) is 1.12. The summed E-state index contributed by atoms with van der Waals surface area (Å²) in [4.78, 5) is 15.1. The molecule has 1 atom stereocenters. The van der Waals surface area contributed by atoms with Gasteiger partial charge in [0.1, 0.15) is 16.7 Å². The molecule has 0 saturated carbocycles. The molecule has 1 aromatic heterocycles. The van der Waals surface area contributed by atoms with Crippen LogP contribution in [0.1, 0.15) is 28.9 Å². The number of ether oxygens (including phenoxy) is 1. The summed E-state index contributed by atoms with van der Waals surface area (Å²) in [5.74, 6) is 0.155. The molecular weight excluding hydrogens is 292 g/mol. The van der Waals surface area contributed by atoms with Crippen LogP contribution >= 0.6 is 11.6 Å². The third kappa shape index (κ3) is 3.86. The monoisotopic (exact) mass is 306 g/mol. The van der Waals surface area contributed by atoms with E-state index in [4.69, 9.17) is 21.4 Å². The van der Waals surface area contributed by atoms with Crippen molar-refractivity contribution < 1.29 is 14.6 Å². The van der Waals surface area contributed by atoms with E-state index in [9.17, 15) is 4.79 Å². The topological polar surface area (TPSA) is 71.5 Å². The lowest BCUT2D eigenvalue weighted by atomic mass is 10.1. The van der Waals surface area contributed by atoms with Gasteiger partial charge in [-0.05, 0) is 36.8 Å². The first-order valence-corrected chi connectivity index (χ1v) is 6.69. The van der Waals surface area contributed by atoms with Crippen molar-refractivity contribution in [1.29, 1.82) is 0 Å². The SMILES string of the molecule is COc1ccc(C(C)Nc2cc(C(=O)O)cc(Cl)n2)cc1. The Morgan fingerprint density at radius 3 is 2.57 bits per heavy atom. The molecule has 1 unspecified atom stereocenters. The Balaban J connectivity index is 2.18. The van der Waals surface area contributed by atoms with Crippen molar-refractivity contribution >= 4 is 23.4 Å². The number of anilines is 1. The molecule has 0 bridgehead atoms. The summed E-state index contributed by atoms with van der Waals surface area (Å²) >= 11 is 5.83. The molecule has 5 nitrogen and oxygen atoms in total. The third-order valence-electron chi connectivity index (χ3n) is 3.02. The molecule has 21 heavy (non-hydrogen) atoms. The maximum atomic E-state index is 11.0. The molecule has 0 fully saturated rings. The number of carboxylic acids is 1. The van der Waals surface area contributed by atoms with Gasteiger partial charge < -0.3 is 15.2 Å². The van der Waals surface area contributed by atoms with Crippen LogP contribution in [-0.4, -0.2) is 23.2 Å². The number of nitrogens with zero attached hydrogens (tertiary/aromatic N) is 1. The maximum absolute atomic E-state index is 11.0. The van der Waals surface area contributed by atoms with Gasteiger partial charge in [-0.3, -0.25) is 0 Å². The van der Waals surface area contributed by atoms with Crippen molar-refractivity contribution in [3.05, 3.63) is 52.7 Å². The van der Waals surface area contributed by atoms with Crippen molar-refractivity contribution in [1.82, 2.24) is 4.98 Å². The van der Waals surface area contributed by atoms with Crippen LogP contribution in [-0.2, 0) is 0 Å². The molecule has 0 aliphatic heterocycles. The number of carboxylic acid groups (broad SMARTS) is 1. The largest absolute Gasteiger partial charge is 0.497 e. The Hall–Kier alpha value is -2.27. The molecule has 0 aliphatic rings. The lowest BCUT2D eigenvalue weighted by Gasteiger charge is -2.16. The quantitative estimate of drug-likeness (QED) is 0.826. The van der Waals surface area contributed by atoms with Gasteiger partial charge in [-0.1, -0.05) is 23.7 Å². The number of benzene rings is 1. The molecule has 0 aliphatic carbocycles. The number of carbonyl (C=O) groups is 1. The standard InChI is InChI=1S/C15H15ClN2O3/c1-9(10-3-5-12(21-2)6-4-10)17-14-8-11(15(19)20)7-13(16)18-14/h3-9H,1-2H3,(H,17,18)(H,19,20). The minimum atomic E-state index is -1.04. The van der Waals surface area contributed by atoms with Crippen molar-refractivity contribution in [2.24, 2.45) is 0 Å². The van der Waals surface area contributed by atoms with Gasteiger partial charge in [0.25, 0.3) is 0 Å². The molecule has 0 radical (unpaired) electrons. The van der Waals surface area contributed by atoms with Crippen LogP contribution in [0.5, 0.6) is 5.75 Å². The van der Waals surface area contributed by atoms with Crippen LogP contribution in [0.2, 0.25) is 5.15 Å². The molecule has 0 saturated heterocycles. The minimum Gasteiger partial charge on any atom is -0.497 e. The molecule has 1 heterocycles. The highest BCUT2D eigenvalue weighted by Crippen LogP contribution is 2.22. The minimum absolute atomic E-state index is 0.0523. The zero-order valence-corrected chi connectivity index (χ0v) is 12.4. The van der Waals surface area contributed by atoms with E-state index < -0.39 is 5.97 Å². The first-order chi connectivity index (χ1) is 9.99. The lowest BCUT2D eigenvalue weighted by molar-refractivity contribution is 0.0697. The lowest BCUT2D eigenvalue weighted by Crippen LogP contribution is -2.09. The summed E-state index contributed by atoms with van der Waals surface area (Å²) in [6.07, 6.45) is 0. The van der Waals surface area contributed by atoms with E-state index in [1.54, 1.807) is 7.11 Å². The summed E-state index contributed by atoms with van der Waals surface area (Å²) in [7, 11) is 1.61. The van der Waals surface area contributed by atoms with Gasteiger partial charge in [0.05, 0.1) is 12.7 Å². The number of methoxy groups -OCH3 is 1. The zero-order chi connectivity index (χ0) is 15.4. The molecular formula is C15H15ClN2O3. The summed E-state index contributed by atoms with van der Waals surface area (Å²) in [5, 5.41) is 12.3. The predicted molar refractivity (Wildman–Crippen MR) is 81.2 cm³/mol. The third-order valence-corrected chi connectivity index (χ3v) is 3.21. The van der Waals surface area contributed by atoms with Gasteiger partial charge in [0.2, 0.25) is 0 Å². The van der Waals surface area contributed by atoms with Crippen LogP contribution in [0.25, 0.3) is 0 Å². The number of pyridine rings is 1. The zero-order valence-electron chi connectivity index (χ0n) is 11.6. The van der Waals surface area contributed by atoms with E-state index in [0.29, 0.717) is 5.82 Å². The smallest absolute Gasteiger partial charge is 0.335 e. The number of halogens is 1. The second kappa shape index (κ2) is 6.45. The Bertz CT molecular complexity index is 644. The van der Waals surface area contributed by atoms with Crippen molar-refractivity contribution in [3.63, 3.8) is 0 Å². The normalized spacial score (nSPS) is 11.8. The van der Waals surface area contributed by atoms with Crippen LogP contribution in [0.4, 0.5) is 5.82 Å². The van der Waals surface area contributed by atoms with E-state index >= 15 is 0 Å².